The Bertz CT molecular complexity index is 503. The van der Waals surface area contributed by atoms with Crippen LogP contribution in [0.1, 0.15) is 6.92 Å². The highest BCUT2D eigenvalue weighted by Gasteiger charge is 1.97. The summed E-state index contributed by atoms with van der Waals surface area (Å²) >= 11 is 0. The molecule has 0 aliphatic rings. The Morgan fingerprint density at radius 2 is 1.39 bits per heavy atom. The van der Waals surface area contributed by atoms with Gasteiger partial charge in [-0.1, -0.05) is 18.2 Å². The van der Waals surface area contributed by atoms with Gasteiger partial charge in [-0.25, -0.2) is 0 Å². The molecule has 0 unspecified atom stereocenters. The molecular formula is C15H17N3. The predicted molar refractivity (Wildman–Crippen MR) is 76.0 cm³/mol. The number of hydrogen-bond acceptors (Lipinski definition) is 3. The first-order valence-electron chi connectivity index (χ1n) is 6.07. The second-order valence-electron chi connectivity index (χ2n) is 4.07. The third-order valence-electron chi connectivity index (χ3n) is 2.80. The first-order chi connectivity index (χ1) is 8.79. The van der Waals surface area contributed by atoms with Crippen LogP contribution in [0, 0.1) is 0 Å². The normalized spacial score (nSPS) is 10.8. The maximum atomic E-state index is 4.21. The van der Waals surface area contributed by atoms with Gasteiger partial charge in [0.2, 0.25) is 0 Å². The van der Waals surface area contributed by atoms with Crippen molar-refractivity contribution in [2.24, 2.45) is 10.2 Å². The smallest absolute Gasteiger partial charge is 0.0858 e. The van der Waals surface area contributed by atoms with Crippen molar-refractivity contribution in [1.82, 2.24) is 0 Å². The molecule has 3 nitrogen and oxygen atoms in total. The molecule has 0 bridgehead atoms. The average Bonchev–Trinajstić information content (AvgIpc) is 2.46. The largest absolute Gasteiger partial charge is 0.375 e. The van der Waals surface area contributed by atoms with E-state index in [1.165, 1.54) is 5.69 Å². The number of azo groups is 1. The van der Waals surface area contributed by atoms with Crippen LogP contribution in [0.15, 0.2) is 64.8 Å². The number of nitrogens with zero attached hydrogens (tertiary/aromatic N) is 3. The van der Waals surface area contributed by atoms with E-state index < -0.39 is 0 Å². The van der Waals surface area contributed by atoms with Crippen molar-refractivity contribution in [3.8, 4) is 0 Å². The Morgan fingerprint density at radius 3 is 1.94 bits per heavy atom. The summed E-state index contributed by atoms with van der Waals surface area (Å²) in [6.07, 6.45) is 0. The Kier molecular flexibility index (Phi) is 4.07. The van der Waals surface area contributed by atoms with Crippen molar-refractivity contribution < 1.29 is 0 Å². The maximum absolute atomic E-state index is 4.21. The molecule has 0 saturated carbocycles. The Balaban J connectivity index is 2.09. The zero-order valence-corrected chi connectivity index (χ0v) is 10.7. The van der Waals surface area contributed by atoms with Gasteiger partial charge in [-0.05, 0) is 43.3 Å². The Morgan fingerprint density at radius 1 is 0.833 bits per heavy atom. The van der Waals surface area contributed by atoms with Crippen LogP contribution in [0.2, 0.25) is 0 Å². The first kappa shape index (κ1) is 12.3. The average molecular weight is 239 g/mol. The summed E-state index contributed by atoms with van der Waals surface area (Å²) in [6.45, 7) is 3.12. The molecule has 2 rings (SSSR count). The molecule has 0 aliphatic heterocycles. The molecule has 0 saturated heterocycles. The van der Waals surface area contributed by atoms with Gasteiger partial charge in [0.1, 0.15) is 0 Å². The number of anilines is 1. The Labute approximate surface area is 108 Å². The van der Waals surface area contributed by atoms with Gasteiger partial charge in [-0.15, -0.1) is 0 Å². The van der Waals surface area contributed by atoms with E-state index in [-0.39, 0.29) is 0 Å². The quantitative estimate of drug-likeness (QED) is 0.719. The molecule has 0 heterocycles. The fourth-order valence-electron chi connectivity index (χ4n) is 1.57. The summed E-state index contributed by atoms with van der Waals surface area (Å²) < 4.78 is 0. The predicted octanol–water partition coefficient (Wildman–Crippen LogP) is 4.56. The highest BCUT2D eigenvalue weighted by atomic mass is 15.1. The maximum Gasteiger partial charge on any atom is 0.0858 e. The highest BCUT2D eigenvalue weighted by Crippen LogP contribution is 2.21. The van der Waals surface area contributed by atoms with Gasteiger partial charge in [-0.3, -0.25) is 0 Å². The third-order valence-corrected chi connectivity index (χ3v) is 2.80. The van der Waals surface area contributed by atoms with Crippen molar-refractivity contribution in [2.45, 2.75) is 6.92 Å². The van der Waals surface area contributed by atoms with Crippen LogP contribution in [-0.2, 0) is 0 Å². The minimum atomic E-state index is 0.868. The lowest BCUT2D eigenvalue weighted by molar-refractivity contribution is 0.968. The van der Waals surface area contributed by atoms with Crippen LogP contribution in [0.3, 0.4) is 0 Å². The molecule has 0 aliphatic carbocycles. The molecule has 18 heavy (non-hydrogen) atoms. The van der Waals surface area contributed by atoms with E-state index in [9.17, 15) is 0 Å². The van der Waals surface area contributed by atoms with Crippen LogP contribution >= 0.6 is 0 Å². The molecule has 2 aromatic rings. The van der Waals surface area contributed by atoms with E-state index >= 15 is 0 Å². The van der Waals surface area contributed by atoms with E-state index in [0.717, 1.165) is 17.9 Å². The van der Waals surface area contributed by atoms with Gasteiger partial charge in [0.05, 0.1) is 11.4 Å². The summed E-state index contributed by atoms with van der Waals surface area (Å²) in [4.78, 5) is 2.18. The standard InChI is InChI=1S/C15H17N3/c1-3-18(2)15-11-9-14(10-12-15)17-16-13-7-5-4-6-8-13/h4-12H,3H2,1-2H3. The number of rotatable bonds is 4. The summed E-state index contributed by atoms with van der Waals surface area (Å²) in [5.74, 6) is 0. The van der Waals surface area contributed by atoms with Crippen molar-refractivity contribution in [2.75, 3.05) is 18.5 Å². The molecule has 0 atom stereocenters. The highest BCUT2D eigenvalue weighted by molar-refractivity contribution is 5.52. The van der Waals surface area contributed by atoms with E-state index in [0.29, 0.717) is 0 Å². The van der Waals surface area contributed by atoms with Crippen molar-refractivity contribution in [3.05, 3.63) is 54.6 Å². The van der Waals surface area contributed by atoms with Crippen molar-refractivity contribution in [1.29, 1.82) is 0 Å². The van der Waals surface area contributed by atoms with Crippen LogP contribution in [0.4, 0.5) is 17.1 Å². The molecule has 3 heteroatoms. The lowest BCUT2D eigenvalue weighted by Gasteiger charge is -2.16. The van der Waals surface area contributed by atoms with Gasteiger partial charge in [-0.2, -0.15) is 10.2 Å². The molecule has 0 spiro atoms. The van der Waals surface area contributed by atoms with Gasteiger partial charge in [0.15, 0.2) is 0 Å². The summed E-state index contributed by atoms with van der Waals surface area (Å²) in [6, 6.07) is 17.8. The van der Waals surface area contributed by atoms with Crippen LogP contribution in [0.25, 0.3) is 0 Å². The molecule has 0 fully saturated rings. The third kappa shape index (κ3) is 3.17. The SMILES string of the molecule is CCN(C)c1ccc(N=Nc2ccccc2)cc1. The number of hydrogen-bond donors (Lipinski definition) is 0. The Hall–Kier alpha value is -2.16. The zero-order chi connectivity index (χ0) is 12.8. The first-order valence-corrected chi connectivity index (χ1v) is 6.07. The number of benzene rings is 2. The van der Waals surface area contributed by atoms with Gasteiger partial charge in [0.25, 0.3) is 0 Å². The lowest BCUT2D eigenvalue weighted by atomic mass is 10.2. The summed E-state index contributed by atoms with van der Waals surface area (Å²) in [5, 5.41) is 8.39. The zero-order valence-electron chi connectivity index (χ0n) is 10.7. The monoisotopic (exact) mass is 239 g/mol. The molecular weight excluding hydrogens is 222 g/mol. The fourth-order valence-corrected chi connectivity index (χ4v) is 1.57. The van der Waals surface area contributed by atoms with Crippen LogP contribution < -0.4 is 4.90 Å². The van der Waals surface area contributed by atoms with Gasteiger partial charge >= 0.3 is 0 Å². The van der Waals surface area contributed by atoms with Gasteiger partial charge < -0.3 is 4.90 Å². The summed E-state index contributed by atoms with van der Waals surface area (Å²) in [7, 11) is 2.07. The molecule has 0 aromatic heterocycles. The van der Waals surface area contributed by atoms with Crippen molar-refractivity contribution >= 4 is 17.1 Å². The van der Waals surface area contributed by atoms with E-state index in [1.807, 2.05) is 42.5 Å². The van der Waals surface area contributed by atoms with E-state index in [4.69, 9.17) is 0 Å². The lowest BCUT2D eigenvalue weighted by Crippen LogP contribution is -2.15. The molecule has 0 amide bonds. The van der Waals surface area contributed by atoms with Crippen molar-refractivity contribution in [3.63, 3.8) is 0 Å². The van der Waals surface area contributed by atoms with E-state index in [1.54, 1.807) is 0 Å². The minimum Gasteiger partial charge on any atom is -0.375 e. The van der Waals surface area contributed by atoms with Gasteiger partial charge in [0, 0.05) is 19.3 Å². The molecule has 92 valence electrons. The van der Waals surface area contributed by atoms with Crippen LogP contribution in [-0.4, -0.2) is 13.6 Å². The molecule has 0 radical (unpaired) electrons. The molecule has 0 N–H and O–H groups in total. The second-order valence-corrected chi connectivity index (χ2v) is 4.07. The van der Waals surface area contributed by atoms with Crippen LogP contribution in [0.5, 0.6) is 0 Å². The topological polar surface area (TPSA) is 28.0 Å². The second kappa shape index (κ2) is 5.96. The van der Waals surface area contributed by atoms with E-state index in [2.05, 4.69) is 41.2 Å². The summed E-state index contributed by atoms with van der Waals surface area (Å²) in [5.41, 5.74) is 2.93. The fraction of sp³-hybridized carbons (Fsp3) is 0.200. The molecule has 2 aromatic carbocycles. The minimum absolute atomic E-state index is 0.868.